The van der Waals surface area contributed by atoms with E-state index < -0.39 is 0 Å². The molecule has 0 aromatic heterocycles. The maximum atomic E-state index is 12.7. The number of esters is 1. The Labute approximate surface area is 255 Å². The highest BCUT2D eigenvalue weighted by Gasteiger charge is 2.59. The lowest BCUT2D eigenvalue weighted by atomic mass is 9.47. The zero-order chi connectivity index (χ0) is 30.2. The minimum absolute atomic E-state index is 0.0498. The van der Waals surface area contributed by atoms with Gasteiger partial charge in [0.2, 0.25) is 0 Å². The first-order valence-electron chi connectivity index (χ1n) is 16.9. The van der Waals surface area contributed by atoms with Gasteiger partial charge in [0.25, 0.3) is 0 Å². The molecular weight excluding hydrogens is 520 g/mol. The van der Waals surface area contributed by atoms with Gasteiger partial charge in [-0.2, -0.15) is 0 Å². The van der Waals surface area contributed by atoms with Gasteiger partial charge in [0.15, 0.2) is 11.5 Å². The molecule has 3 fully saturated rings. The fraction of sp³-hybridized carbons (Fsp3) is 0.711. The van der Waals surface area contributed by atoms with Crippen molar-refractivity contribution in [1.29, 1.82) is 0 Å². The molecule has 4 nitrogen and oxygen atoms in total. The van der Waals surface area contributed by atoms with E-state index >= 15 is 0 Å². The Morgan fingerprint density at radius 1 is 1.05 bits per heavy atom. The monoisotopic (exact) mass is 576 g/mol. The maximum absolute atomic E-state index is 12.7. The first-order chi connectivity index (χ1) is 20.0. The van der Waals surface area contributed by atoms with Crippen molar-refractivity contribution in [3.05, 3.63) is 41.5 Å². The van der Waals surface area contributed by atoms with E-state index in [1.54, 1.807) is 29.8 Å². The molecule has 1 aromatic rings. The summed E-state index contributed by atoms with van der Waals surface area (Å²) >= 11 is 0. The molecule has 0 aliphatic heterocycles. The molecule has 0 amide bonds. The average molecular weight is 577 g/mol. The van der Waals surface area contributed by atoms with Gasteiger partial charge in [0.05, 0.1) is 7.11 Å². The summed E-state index contributed by atoms with van der Waals surface area (Å²) in [7, 11) is 1.52. The highest BCUT2D eigenvalue weighted by atomic mass is 16.5. The van der Waals surface area contributed by atoms with Crippen LogP contribution in [0.3, 0.4) is 0 Å². The minimum atomic E-state index is -0.299. The summed E-state index contributed by atoms with van der Waals surface area (Å²) < 4.78 is 11.1. The van der Waals surface area contributed by atoms with E-state index in [1.165, 1.54) is 58.1 Å². The second-order valence-corrected chi connectivity index (χ2v) is 15.3. The topological polar surface area (TPSA) is 55.8 Å². The van der Waals surface area contributed by atoms with Gasteiger partial charge in [-0.15, -0.1) is 0 Å². The van der Waals surface area contributed by atoms with E-state index in [0.717, 1.165) is 66.3 Å². The zero-order valence-corrected chi connectivity index (χ0v) is 27.3. The number of methoxy groups -OCH3 is 1. The van der Waals surface area contributed by atoms with Gasteiger partial charge in [-0.05, 0) is 121 Å². The molecule has 1 N–H and O–H groups in total. The minimum Gasteiger partial charge on any atom is -0.504 e. The molecule has 1 aromatic carbocycles. The highest BCUT2D eigenvalue weighted by Crippen LogP contribution is 2.67. The number of ether oxygens (including phenoxy) is 2. The van der Waals surface area contributed by atoms with Crippen molar-refractivity contribution in [2.75, 3.05) is 7.11 Å². The predicted molar refractivity (Wildman–Crippen MR) is 171 cm³/mol. The number of carbonyl (C=O) groups excluding carboxylic acids is 1. The summed E-state index contributed by atoms with van der Waals surface area (Å²) in [6.45, 7) is 15.0. The number of benzene rings is 1. The summed E-state index contributed by atoms with van der Waals surface area (Å²) in [6.07, 6.45) is 18.3. The fourth-order valence-electron chi connectivity index (χ4n) is 9.93. The fourth-order valence-corrected chi connectivity index (χ4v) is 9.93. The molecule has 0 bridgehead atoms. The molecule has 42 heavy (non-hydrogen) atoms. The van der Waals surface area contributed by atoms with E-state index in [9.17, 15) is 9.90 Å². The van der Waals surface area contributed by atoms with Crippen molar-refractivity contribution in [1.82, 2.24) is 0 Å². The quantitative estimate of drug-likeness (QED) is 0.181. The van der Waals surface area contributed by atoms with Crippen LogP contribution < -0.4 is 4.74 Å². The first kappa shape index (κ1) is 31.2. The Kier molecular flexibility index (Phi) is 9.22. The smallest absolute Gasteiger partial charge is 0.331 e. The van der Waals surface area contributed by atoms with Crippen LogP contribution in [0.15, 0.2) is 35.9 Å². The number of phenols is 1. The van der Waals surface area contributed by atoms with Crippen molar-refractivity contribution in [2.45, 2.75) is 112 Å². The number of rotatable bonds is 9. The third kappa shape index (κ3) is 5.93. The van der Waals surface area contributed by atoms with E-state index in [-0.39, 0.29) is 23.2 Å². The van der Waals surface area contributed by atoms with Crippen LogP contribution in [-0.2, 0) is 9.53 Å². The molecule has 4 unspecified atom stereocenters. The van der Waals surface area contributed by atoms with Crippen LogP contribution in [0, 0.1) is 52.3 Å². The van der Waals surface area contributed by atoms with E-state index in [2.05, 4.69) is 47.6 Å². The molecule has 0 saturated heterocycles. The van der Waals surface area contributed by atoms with Crippen LogP contribution in [0.5, 0.6) is 11.5 Å². The van der Waals surface area contributed by atoms with Gasteiger partial charge in [-0.1, -0.05) is 72.1 Å². The predicted octanol–water partition coefficient (Wildman–Crippen LogP) is 9.61. The number of allylic oxidation sites excluding steroid dienone is 1. The second-order valence-electron chi connectivity index (χ2n) is 15.3. The summed E-state index contributed by atoms with van der Waals surface area (Å²) in [5.41, 5.74) is 3.09. The third-order valence-corrected chi connectivity index (χ3v) is 12.9. The number of aromatic hydroxyl groups is 1. The van der Waals surface area contributed by atoms with Crippen LogP contribution in [0.2, 0.25) is 0 Å². The molecule has 4 heteroatoms. The third-order valence-electron chi connectivity index (χ3n) is 12.9. The average Bonchev–Trinajstić information content (AvgIpc) is 3.32. The summed E-state index contributed by atoms with van der Waals surface area (Å²) in [6, 6.07) is 5.04. The van der Waals surface area contributed by atoms with Crippen molar-refractivity contribution >= 4 is 12.0 Å². The standard InChI is InChI=1S/C38H56O4/c1-24(2)25(3)8-9-26(4)31-14-15-32-30-13-12-28-23-29(18-20-37(28,5)33(30)19-21-38(31,32)6)42-36(40)17-11-27-10-16-34(39)35(22-27)41-7/h10-12,16-17,22,24-26,29-33,39H,8-9,13-15,18-21,23H2,1-7H3/b17-11+/t25-,26?,29+,30?,31-,32?,33?,37+,38-/m1/s1. The van der Waals surface area contributed by atoms with Crippen LogP contribution >= 0.6 is 0 Å². The largest absolute Gasteiger partial charge is 0.504 e. The zero-order valence-electron chi connectivity index (χ0n) is 27.3. The highest BCUT2D eigenvalue weighted by molar-refractivity contribution is 5.87. The lowest BCUT2D eigenvalue weighted by molar-refractivity contribution is -0.145. The van der Waals surface area contributed by atoms with Crippen molar-refractivity contribution < 1.29 is 19.4 Å². The molecule has 4 aliphatic rings. The van der Waals surface area contributed by atoms with Crippen LogP contribution in [0.25, 0.3) is 6.08 Å². The molecule has 0 spiro atoms. The molecule has 232 valence electrons. The van der Waals surface area contributed by atoms with Crippen LogP contribution in [0.1, 0.15) is 111 Å². The SMILES string of the molecule is COc1cc(/C=C/C(=O)O[C@H]2CC[C@@]3(C)C(=CCC4C3CC[C@@]3(C)C4CC[C@@H]3C(C)CC[C@@H](C)C(C)C)C2)ccc1O. The Balaban J connectivity index is 1.21. The van der Waals surface area contributed by atoms with Gasteiger partial charge in [-0.3, -0.25) is 0 Å². The lowest BCUT2D eigenvalue weighted by Gasteiger charge is -2.58. The van der Waals surface area contributed by atoms with Gasteiger partial charge < -0.3 is 14.6 Å². The Hall–Kier alpha value is -2.23. The van der Waals surface area contributed by atoms with Gasteiger partial charge in [-0.25, -0.2) is 4.79 Å². The van der Waals surface area contributed by atoms with E-state index in [4.69, 9.17) is 9.47 Å². The molecule has 5 rings (SSSR count). The van der Waals surface area contributed by atoms with E-state index in [1.807, 2.05) is 0 Å². The molecule has 4 aliphatic carbocycles. The molecule has 3 saturated carbocycles. The van der Waals surface area contributed by atoms with Crippen LogP contribution in [0.4, 0.5) is 0 Å². The first-order valence-corrected chi connectivity index (χ1v) is 16.9. The van der Waals surface area contributed by atoms with E-state index in [0.29, 0.717) is 11.2 Å². The molecule has 0 heterocycles. The van der Waals surface area contributed by atoms with Crippen molar-refractivity contribution in [2.24, 2.45) is 52.3 Å². The Morgan fingerprint density at radius 2 is 1.83 bits per heavy atom. The molecular formula is C38H56O4. The maximum Gasteiger partial charge on any atom is 0.331 e. The van der Waals surface area contributed by atoms with Crippen molar-refractivity contribution in [3.63, 3.8) is 0 Å². The number of fused-ring (bicyclic) bond motifs is 5. The number of carbonyl (C=O) groups is 1. The van der Waals surface area contributed by atoms with Gasteiger partial charge in [0, 0.05) is 12.5 Å². The van der Waals surface area contributed by atoms with Gasteiger partial charge >= 0.3 is 5.97 Å². The Bertz CT molecular complexity index is 1180. The number of phenolic OH excluding ortho intramolecular Hbond substituents is 1. The summed E-state index contributed by atoms with van der Waals surface area (Å²) in [4.78, 5) is 12.7. The number of hydrogen-bond acceptors (Lipinski definition) is 4. The van der Waals surface area contributed by atoms with Crippen LogP contribution in [-0.4, -0.2) is 24.3 Å². The normalized spacial score (nSPS) is 35.6. The summed E-state index contributed by atoms with van der Waals surface area (Å²) in [5.74, 6) is 5.94. The summed E-state index contributed by atoms with van der Waals surface area (Å²) in [5, 5.41) is 9.81. The lowest BCUT2D eigenvalue weighted by Crippen LogP contribution is -2.51. The number of hydrogen-bond donors (Lipinski definition) is 1. The molecule has 0 radical (unpaired) electrons. The Morgan fingerprint density at radius 3 is 2.57 bits per heavy atom. The molecule has 9 atom stereocenters. The second kappa shape index (κ2) is 12.4. The van der Waals surface area contributed by atoms with Crippen molar-refractivity contribution in [3.8, 4) is 11.5 Å². The van der Waals surface area contributed by atoms with Gasteiger partial charge in [0.1, 0.15) is 6.10 Å².